The van der Waals surface area contributed by atoms with Crippen molar-refractivity contribution in [3.63, 3.8) is 0 Å². The summed E-state index contributed by atoms with van der Waals surface area (Å²) in [4.78, 5) is 4.16. The fraction of sp³-hybridized carbons (Fsp3) is 0.154. The summed E-state index contributed by atoms with van der Waals surface area (Å²) < 4.78 is 6.83. The van der Waals surface area contributed by atoms with Crippen molar-refractivity contribution >= 4 is 22.6 Å². The van der Waals surface area contributed by atoms with E-state index in [1.807, 2.05) is 43.3 Å². The molecule has 1 heterocycles. The normalized spacial score (nSPS) is 12.2. The van der Waals surface area contributed by atoms with Crippen LogP contribution in [-0.4, -0.2) is 4.98 Å². The van der Waals surface area contributed by atoms with Gasteiger partial charge in [-0.05, 0) is 65.4 Å². The summed E-state index contributed by atoms with van der Waals surface area (Å²) in [5.41, 5.74) is 6.83. The van der Waals surface area contributed by atoms with Crippen molar-refractivity contribution < 1.29 is 4.74 Å². The van der Waals surface area contributed by atoms with Gasteiger partial charge in [-0.3, -0.25) is 0 Å². The van der Waals surface area contributed by atoms with Gasteiger partial charge in [-0.25, -0.2) is 4.98 Å². The van der Waals surface area contributed by atoms with Crippen LogP contribution in [0, 0.1) is 3.57 Å². The van der Waals surface area contributed by atoms with Crippen LogP contribution in [0.3, 0.4) is 0 Å². The van der Waals surface area contributed by atoms with Crippen LogP contribution >= 0.6 is 22.6 Å². The third kappa shape index (κ3) is 3.41. The number of pyridine rings is 1. The molecule has 2 rings (SSSR count). The standard InChI is InChI=1S/C13H13IN2O/c1-9(15)10-6-7-16-13(8-10)17-12-4-2-11(14)3-5-12/h2-9H,15H2,1H3/t9-/m0/s1. The van der Waals surface area contributed by atoms with Gasteiger partial charge in [0.25, 0.3) is 0 Å². The number of nitrogens with zero attached hydrogens (tertiary/aromatic N) is 1. The lowest BCUT2D eigenvalue weighted by atomic mass is 10.1. The van der Waals surface area contributed by atoms with Crippen LogP contribution in [0.4, 0.5) is 0 Å². The number of benzene rings is 1. The fourth-order valence-corrected chi connectivity index (χ4v) is 1.75. The predicted molar refractivity (Wildman–Crippen MR) is 76.1 cm³/mol. The summed E-state index contributed by atoms with van der Waals surface area (Å²) in [6.45, 7) is 1.93. The molecule has 0 aliphatic carbocycles. The van der Waals surface area contributed by atoms with Gasteiger partial charge in [0, 0.05) is 21.9 Å². The van der Waals surface area contributed by atoms with Crippen molar-refractivity contribution in [1.29, 1.82) is 0 Å². The lowest BCUT2D eigenvalue weighted by molar-refractivity contribution is 0.461. The largest absolute Gasteiger partial charge is 0.439 e. The highest BCUT2D eigenvalue weighted by Crippen LogP contribution is 2.22. The molecule has 0 spiro atoms. The van der Waals surface area contributed by atoms with E-state index in [-0.39, 0.29) is 6.04 Å². The monoisotopic (exact) mass is 340 g/mol. The molecule has 88 valence electrons. The van der Waals surface area contributed by atoms with Gasteiger partial charge in [0.2, 0.25) is 5.88 Å². The molecule has 0 saturated heterocycles. The minimum Gasteiger partial charge on any atom is -0.439 e. The maximum atomic E-state index is 5.81. The second-order valence-corrected chi connectivity index (χ2v) is 5.02. The minimum absolute atomic E-state index is 0.0166. The van der Waals surface area contributed by atoms with Gasteiger partial charge in [0.15, 0.2) is 0 Å². The summed E-state index contributed by atoms with van der Waals surface area (Å²) in [5.74, 6) is 1.35. The van der Waals surface area contributed by atoms with Gasteiger partial charge in [0.1, 0.15) is 5.75 Å². The first-order valence-corrected chi connectivity index (χ1v) is 6.38. The molecule has 0 fully saturated rings. The molecule has 1 aromatic carbocycles. The average Bonchev–Trinajstić information content (AvgIpc) is 2.32. The highest BCUT2D eigenvalue weighted by atomic mass is 127. The topological polar surface area (TPSA) is 48.1 Å². The summed E-state index contributed by atoms with van der Waals surface area (Å²) in [6.07, 6.45) is 1.71. The lowest BCUT2D eigenvalue weighted by Crippen LogP contribution is -2.05. The van der Waals surface area contributed by atoms with Crippen molar-refractivity contribution in [2.24, 2.45) is 5.73 Å². The number of aromatic nitrogens is 1. The molecule has 0 radical (unpaired) electrons. The Bertz CT molecular complexity index is 497. The first kappa shape index (κ1) is 12.3. The molecule has 0 aliphatic rings. The number of hydrogen-bond donors (Lipinski definition) is 1. The zero-order chi connectivity index (χ0) is 12.3. The highest BCUT2D eigenvalue weighted by molar-refractivity contribution is 14.1. The maximum absolute atomic E-state index is 5.81. The van der Waals surface area contributed by atoms with E-state index < -0.39 is 0 Å². The second kappa shape index (κ2) is 5.46. The number of hydrogen-bond acceptors (Lipinski definition) is 3. The minimum atomic E-state index is -0.0166. The molecule has 0 bridgehead atoms. The van der Waals surface area contributed by atoms with E-state index in [0.29, 0.717) is 5.88 Å². The van der Waals surface area contributed by atoms with E-state index in [9.17, 15) is 0 Å². The quantitative estimate of drug-likeness (QED) is 0.870. The molecule has 0 saturated carbocycles. The Labute approximate surface area is 114 Å². The lowest BCUT2D eigenvalue weighted by Gasteiger charge is -2.08. The molecule has 2 aromatic rings. The molecule has 1 aromatic heterocycles. The second-order valence-electron chi connectivity index (χ2n) is 3.77. The number of nitrogens with two attached hydrogens (primary N) is 1. The summed E-state index contributed by atoms with van der Waals surface area (Å²) in [7, 11) is 0. The van der Waals surface area contributed by atoms with Gasteiger partial charge >= 0.3 is 0 Å². The molecule has 4 heteroatoms. The van der Waals surface area contributed by atoms with E-state index in [4.69, 9.17) is 10.5 Å². The van der Waals surface area contributed by atoms with Crippen molar-refractivity contribution in [3.8, 4) is 11.6 Å². The van der Waals surface area contributed by atoms with E-state index in [1.54, 1.807) is 6.20 Å². The summed E-state index contributed by atoms with van der Waals surface area (Å²) in [6, 6.07) is 11.6. The molecule has 0 aliphatic heterocycles. The predicted octanol–water partition coefficient (Wildman–Crippen LogP) is 3.50. The van der Waals surface area contributed by atoms with Crippen LogP contribution in [0.5, 0.6) is 11.6 Å². The highest BCUT2D eigenvalue weighted by Gasteiger charge is 2.03. The Morgan fingerprint density at radius 3 is 2.59 bits per heavy atom. The zero-order valence-corrected chi connectivity index (χ0v) is 11.6. The van der Waals surface area contributed by atoms with Gasteiger partial charge in [-0.1, -0.05) is 0 Å². The molecule has 3 nitrogen and oxygen atoms in total. The smallest absolute Gasteiger partial charge is 0.219 e. The van der Waals surface area contributed by atoms with Crippen molar-refractivity contribution in [1.82, 2.24) is 4.98 Å². The zero-order valence-electron chi connectivity index (χ0n) is 9.43. The van der Waals surface area contributed by atoms with Crippen LogP contribution in [0.1, 0.15) is 18.5 Å². The molecule has 2 N–H and O–H groups in total. The molecule has 17 heavy (non-hydrogen) atoms. The van der Waals surface area contributed by atoms with Gasteiger partial charge in [-0.2, -0.15) is 0 Å². The van der Waals surface area contributed by atoms with Crippen LogP contribution in [0.15, 0.2) is 42.6 Å². The van der Waals surface area contributed by atoms with Crippen molar-refractivity contribution in [2.75, 3.05) is 0 Å². The molecular formula is C13H13IN2O. The van der Waals surface area contributed by atoms with Gasteiger partial charge in [0.05, 0.1) is 0 Å². The third-order valence-corrected chi connectivity index (χ3v) is 3.04. The summed E-state index contributed by atoms with van der Waals surface area (Å²) in [5, 5.41) is 0. The number of rotatable bonds is 3. The Hall–Kier alpha value is -1.14. The Morgan fingerprint density at radius 2 is 1.94 bits per heavy atom. The van der Waals surface area contributed by atoms with Gasteiger partial charge in [-0.15, -0.1) is 0 Å². The van der Waals surface area contributed by atoms with Crippen LogP contribution < -0.4 is 10.5 Å². The fourth-order valence-electron chi connectivity index (χ4n) is 1.39. The van der Waals surface area contributed by atoms with Crippen LogP contribution in [0.25, 0.3) is 0 Å². The molecular weight excluding hydrogens is 327 g/mol. The first-order chi connectivity index (χ1) is 8.15. The van der Waals surface area contributed by atoms with Crippen molar-refractivity contribution in [3.05, 3.63) is 51.7 Å². The first-order valence-electron chi connectivity index (χ1n) is 5.30. The summed E-state index contributed by atoms with van der Waals surface area (Å²) >= 11 is 2.25. The van der Waals surface area contributed by atoms with Gasteiger partial charge < -0.3 is 10.5 Å². The molecule has 0 unspecified atom stereocenters. The molecule has 1 atom stereocenters. The molecule has 0 amide bonds. The van der Waals surface area contributed by atoms with E-state index in [1.165, 1.54) is 3.57 Å². The Morgan fingerprint density at radius 1 is 1.24 bits per heavy atom. The average molecular weight is 340 g/mol. The third-order valence-electron chi connectivity index (χ3n) is 2.32. The maximum Gasteiger partial charge on any atom is 0.219 e. The van der Waals surface area contributed by atoms with Crippen molar-refractivity contribution in [2.45, 2.75) is 13.0 Å². The Balaban J connectivity index is 2.18. The van der Waals surface area contributed by atoms with E-state index in [2.05, 4.69) is 27.6 Å². The SMILES string of the molecule is C[C@H](N)c1ccnc(Oc2ccc(I)cc2)c1. The van der Waals surface area contributed by atoms with E-state index in [0.717, 1.165) is 11.3 Å². The van der Waals surface area contributed by atoms with Crippen LogP contribution in [-0.2, 0) is 0 Å². The van der Waals surface area contributed by atoms with E-state index >= 15 is 0 Å². The number of halogens is 1. The van der Waals surface area contributed by atoms with Crippen LogP contribution in [0.2, 0.25) is 0 Å². The number of ether oxygens (including phenoxy) is 1. The Kier molecular flexibility index (Phi) is 3.96.